The number of aromatic nitrogens is 2. The molecular formula is C22H27Cl2FN2O5. The van der Waals surface area contributed by atoms with Crippen LogP contribution in [-0.4, -0.2) is 40.6 Å². The van der Waals surface area contributed by atoms with Gasteiger partial charge in [-0.15, -0.1) is 0 Å². The van der Waals surface area contributed by atoms with Crippen LogP contribution in [0.1, 0.15) is 33.1 Å². The van der Waals surface area contributed by atoms with Gasteiger partial charge in [0.15, 0.2) is 6.29 Å². The number of nitrogens with zero attached hydrogens (tertiary/aromatic N) is 2. The maximum Gasteiger partial charge on any atom is 0.276 e. The number of aliphatic hydroxyl groups excluding tert-OH is 1. The smallest absolute Gasteiger partial charge is 0.276 e. The van der Waals surface area contributed by atoms with Gasteiger partial charge in [-0.1, -0.05) is 30.1 Å². The van der Waals surface area contributed by atoms with Crippen molar-refractivity contribution in [3.8, 4) is 16.9 Å². The Hall–Kier alpha value is -2.00. The largest absolute Gasteiger partial charge is 0.495 e. The highest BCUT2D eigenvalue weighted by Crippen LogP contribution is 2.36. The minimum absolute atomic E-state index is 0.0158. The molecule has 0 amide bonds. The van der Waals surface area contributed by atoms with Gasteiger partial charge >= 0.3 is 0 Å². The molecule has 2 aromatic rings. The second kappa shape index (κ2) is 11.2. The number of benzene rings is 1. The zero-order valence-corrected chi connectivity index (χ0v) is 19.6. The summed E-state index contributed by atoms with van der Waals surface area (Å²) in [6.07, 6.45) is 2.75. The average Bonchev–Trinajstić information content (AvgIpc) is 3.02. The summed E-state index contributed by atoms with van der Waals surface area (Å²) in [6, 6.07) is 2.45. The van der Waals surface area contributed by atoms with Crippen molar-refractivity contribution < 1.29 is 23.7 Å². The van der Waals surface area contributed by atoms with Crippen LogP contribution in [0.3, 0.4) is 0 Å². The minimum atomic E-state index is -1.15. The van der Waals surface area contributed by atoms with Crippen LogP contribution in [0.4, 0.5) is 4.39 Å². The van der Waals surface area contributed by atoms with Gasteiger partial charge in [0.25, 0.3) is 5.56 Å². The summed E-state index contributed by atoms with van der Waals surface area (Å²) >= 11 is 12.6. The predicted molar refractivity (Wildman–Crippen MR) is 121 cm³/mol. The van der Waals surface area contributed by atoms with Crippen LogP contribution in [0, 0.1) is 5.82 Å². The van der Waals surface area contributed by atoms with E-state index in [9.17, 15) is 14.3 Å². The first-order valence-corrected chi connectivity index (χ1v) is 11.4. The molecule has 10 heteroatoms. The second-order valence-corrected chi connectivity index (χ2v) is 8.07. The molecule has 1 N–H and O–H groups in total. The summed E-state index contributed by atoms with van der Waals surface area (Å²) in [5.74, 6) is -0.188. The third-order valence-electron chi connectivity index (χ3n) is 4.97. The van der Waals surface area contributed by atoms with E-state index in [-0.39, 0.29) is 39.2 Å². The molecule has 0 spiro atoms. The summed E-state index contributed by atoms with van der Waals surface area (Å²) in [5.41, 5.74) is -0.258. The van der Waals surface area contributed by atoms with E-state index in [0.29, 0.717) is 32.1 Å². The molecule has 1 atom stereocenters. The van der Waals surface area contributed by atoms with E-state index >= 15 is 0 Å². The van der Waals surface area contributed by atoms with Gasteiger partial charge in [-0.2, -0.15) is 0 Å². The van der Waals surface area contributed by atoms with Crippen LogP contribution in [-0.2, 0) is 22.6 Å². The summed E-state index contributed by atoms with van der Waals surface area (Å²) in [7, 11) is 0. The van der Waals surface area contributed by atoms with Crippen molar-refractivity contribution in [1.29, 1.82) is 0 Å². The number of fused-ring (bicyclic) bond motifs is 1. The molecule has 1 aromatic heterocycles. The molecule has 1 unspecified atom stereocenters. The molecule has 3 rings (SSSR count). The van der Waals surface area contributed by atoms with E-state index in [1.54, 1.807) is 11.6 Å². The van der Waals surface area contributed by atoms with Gasteiger partial charge in [0.05, 0.1) is 17.2 Å². The van der Waals surface area contributed by atoms with Crippen LogP contribution in [0.5, 0.6) is 5.75 Å². The molecule has 176 valence electrons. The van der Waals surface area contributed by atoms with Crippen LogP contribution < -0.4 is 10.3 Å². The molecule has 0 aliphatic carbocycles. The number of aliphatic hydroxyl groups is 1. The van der Waals surface area contributed by atoms with Crippen molar-refractivity contribution in [1.82, 2.24) is 9.36 Å². The molecule has 0 radical (unpaired) electrons. The number of rotatable bonds is 10. The van der Waals surface area contributed by atoms with Crippen molar-refractivity contribution in [2.75, 3.05) is 19.8 Å². The van der Waals surface area contributed by atoms with Crippen LogP contribution in [0.2, 0.25) is 10.2 Å². The van der Waals surface area contributed by atoms with E-state index in [2.05, 4.69) is 0 Å². The normalized spacial score (nSPS) is 14.9. The first-order valence-electron chi connectivity index (χ1n) is 10.6. The van der Waals surface area contributed by atoms with Crippen LogP contribution in [0.15, 0.2) is 28.8 Å². The molecule has 0 saturated heterocycles. The van der Waals surface area contributed by atoms with Crippen molar-refractivity contribution in [3.63, 3.8) is 0 Å². The molecule has 1 aliphatic rings. The average molecular weight is 489 g/mol. The van der Waals surface area contributed by atoms with E-state index < -0.39 is 12.1 Å². The van der Waals surface area contributed by atoms with E-state index in [1.807, 2.05) is 6.92 Å². The van der Waals surface area contributed by atoms with Gasteiger partial charge in [0, 0.05) is 31.3 Å². The van der Waals surface area contributed by atoms with E-state index in [0.717, 1.165) is 25.3 Å². The van der Waals surface area contributed by atoms with Gasteiger partial charge in [-0.05, 0) is 38.3 Å². The quantitative estimate of drug-likeness (QED) is 0.390. The van der Waals surface area contributed by atoms with Gasteiger partial charge in [0.2, 0.25) is 0 Å². The molecular weight excluding hydrogens is 462 g/mol. The Bertz CT molecular complexity index is 1030. The van der Waals surface area contributed by atoms with Crippen molar-refractivity contribution in [3.05, 3.63) is 50.3 Å². The molecule has 32 heavy (non-hydrogen) atoms. The van der Waals surface area contributed by atoms with E-state index in [1.165, 1.54) is 16.8 Å². The lowest BCUT2D eigenvalue weighted by atomic mass is 10.1. The first-order chi connectivity index (χ1) is 15.4. The summed E-state index contributed by atoms with van der Waals surface area (Å²) in [6.45, 7) is 5.50. The molecule has 1 aliphatic heterocycles. The lowest BCUT2D eigenvalue weighted by Crippen LogP contribution is -2.27. The molecule has 0 saturated carbocycles. The Balaban J connectivity index is 1.89. The standard InChI is InChI=1S/C22H27Cl2FN2O5/c1-3-9-31-19(28)10-14(30-4-2)13-32-18-11-15(17(25)12-16(18)23)20-21(24)26-7-5-6-8-27(26)22(20)29/h10-12,19,28H,3-9,13H2,1-2H3/b14-10+. The lowest BCUT2D eigenvalue weighted by molar-refractivity contribution is -0.0664. The maximum absolute atomic E-state index is 14.8. The van der Waals surface area contributed by atoms with Crippen molar-refractivity contribution in [2.45, 2.75) is 52.5 Å². The third-order valence-corrected chi connectivity index (χ3v) is 5.65. The number of halogens is 3. The predicted octanol–water partition coefficient (Wildman–Crippen LogP) is 4.60. The monoisotopic (exact) mass is 488 g/mol. The van der Waals surface area contributed by atoms with Gasteiger partial charge < -0.3 is 19.3 Å². The Kier molecular flexibility index (Phi) is 8.64. The zero-order chi connectivity index (χ0) is 23.3. The fourth-order valence-corrected chi connectivity index (χ4v) is 4.07. The SMILES string of the molecule is CCCOC(O)/C=C(\COc1cc(-c2c(Cl)n3n(c2=O)CCCC3)c(F)cc1Cl)OCC. The number of hydrogen-bond acceptors (Lipinski definition) is 5. The summed E-state index contributed by atoms with van der Waals surface area (Å²) < 4.78 is 34.5. The number of ether oxygens (including phenoxy) is 3. The van der Waals surface area contributed by atoms with Crippen molar-refractivity contribution >= 4 is 23.2 Å². The third kappa shape index (κ3) is 5.49. The zero-order valence-electron chi connectivity index (χ0n) is 18.1. The molecule has 0 bridgehead atoms. The van der Waals surface area contributed by atoms with Gasteiger partial charge in [-0.3, -0.25) is 9.48 Å². The lowest BCUT2D eigenvalue weighted by Gasteiger charge is -2.17. The summed E-state index contributed by atoms with van der Waals surface area (Å²) in [4.78, 5) is 12.9. The maximum atomic E-state index is 14.8. The van der Waals surface area contributed by atoms with Gasteiger partial charge in [-0.25, -0.2) is 9.07 Å². The second-order valence-electron chi connectivity index (χ2n) is 7.30. The highest BCUT2D eigenvalue weighted by molar-refractivity contribution is 6.33. The minimum Gasteiger partial charge on any atom is -0.495 e. The van der Waals surface area contributed by atoms with Crippen molar-refractivity contribution in [2.24, 2.45) is 0 Å². The molecule has 7 nitrogen and oxygen atoms in total. The fourth-order valence-electron chi connectivity index (χ4n) is 3.50. The number of hydrogen-bond donors (Lipinski definition) is 1. The Morgan fingerprint density at radius 1 is 1.25 bits per heavy atom. The highest BCUT2D eigenvalue weighted by Gasteiger charge is 2.25. The molecule has 0 fully saturated rings. The first kappa shape index (κ1) is 24.6. The Labute approximate surface area is 195 Å². The fraction of sp³-hybridized carbons (Fsp3) is 0.500. The topological polar surface area (TPSA) is 74.9 Å². The Morgan fingerprint density at radius 3 is 2.62 bits per heavy atom. The van der Waals surface area contributed by atoms with Crippen LogP contribution >= 0.6 is 23.2 Å². The Morgan fingerprint density at radius 2 is 1.97 bits per heavy atom. The van der Waals surface area contributed by atoms with E-state index in [4.69, 9.17) is 37.4 Å². The summed E-state index contributed by atoms with van der Waals surface area (Å²) in [5, 5.41) is 10.2. The highest BCUT2D eigenvalue weighted by atomic mass is 35.5. The molecule has 2 heterocycles. The molecule has 1 aromatic carbocycles. The van der Waals surface area contributed by atoms with Crippen LogP contribution in [0.25, 0.3) is 11.1 Å². The van der Waals surface area contributed by atoms with Gasteiger partial charge in [0.1, 0.15) is 29.1 Å².